The highest BCUT2D eigenvalue weighted by molar-refractivity contribution is 5.88. The van der Waals surface area contributed by atoms with Gasteiger partial charge in [-0.2, -0.15) is 0 Å². The van der Waals surface area contributed by atoms with Crippen molar-refractivity contribution in [1.29, 1.82) is 0 Å². The predicted octanol–water partition coefficient (Wildman–Crippen LogP) is 4.98. The Hall–Kier alpha value is -3.35. The van der Waals surface area contributed by atoms with Crippen LogP contribution < -0.4 is 9.47 Å². The Balaban J connectivity index is 0.00000210. The number of aryl methyl sites for hydroxylation is 3. The van der Waals surface area contributed by atoms with Crippen LogP contribution in [-0.4, -0.2) is 27.2 Å². The Bertz CT molecular complexity index is 1080. The number of hydrogen-bond donors (Lipinski definition) is 1. The maximum absolute atomic E-state index is 6.12. The van der Waals surface area contributed by atoms with E-state index in [9.17, 15) is 0 Å². The van der Waals surface area contributed by atoms with Gasteiger partial charge in [-0.15, -0.1) is 0 Å². The monoisotopic (exact) mass is 366 g/mol. The number of rotatable bonds is 4. The number of nitrogens with one attached hydrogen (secondary N) is 1. The van der Waals surface area contributed by atoms with Gasteiger partial charge in [0.15, 0.2) is 17.2 Å². The number of ether oxygens (including phenoxy) is 2. The summed E-state index contributed by atoms with van der Waals surface area (Å²) in [5.74, 6) is 3.28. The average Bonchev–Trinajstić information content (AvgIpc) is 3.16. The largest absolute Gasteiger partial charge is 0.493 e. The Labute approximate surface area is 157 Å². The number of H-pyrrole nitrogens is 1. The summed E-state index contributed by atoms with van der Waals surface area (Å²) in [6, 6.07) is 5.71. The summed E-state index contributed by atoms with van der Waals surface area (Å²) in [6.07, 6.45) is 3.27. The molecule has 3 aromatic heterocycles. The molecule has 7 heteroatoms. The summed E-state index contributed by atoms with van der Waals surface area (Å²) in [5.41, 5.74) is 4.32. The smallest absolute Gasteiger partial charge is 0.187 e. The van der Waals surface area contributed by atoms with Crippen LogP contribution in [0.15, 0.2) is 35.1 Å². The molecule has 7 nitrogen and oxygen atoms in total. The lowest BCUT2D eigenvalue weighted by molar-refractivity contribution is 0.378. The minimum atomic E-state index is 0. The van der Waals surface area contributed by atoms with E-state index in [1.807, 2.05) is 32.9 Å². The quantitative estimate of drug-likeness (QED) is 0.548. The maximum atomic E-state index is 6.12. The van der Waals surface area contributed by atoms with Gasteiger partial charge in [0.1, 0.15) is 17.1 Å². The highest BCUT2D eigenvalue weighted by atomic mass is 16.5. The van der Waals surface area contributed by atoms with Crippen molar-refractivity contribution in [1.82, 2.24) is 20.1 Å². The SMILES string of the molecule is C.COc1ccncc1Oc1cc(-c2c(C)noc2C)cc2[nH]c(C)nc12. The Morgan fingerprint density at radius 1 is 1.07 bits per heavy atom. The number of benzene rings is 1. The minimum absolute atomic E-state index is 0. The summed E-state index contributed by atoms with van der Waals surface area (Å²) in [6.45, 7) is 5.71. The number of aromatic nitrogens is 4. The van der Waals surface area contributed by atoms with Gasteiger partial charge in [0.05, 0.1) is 24.5 Å². The molecule has 0 spiro atoms. The molecule has 140 valence electrons. The van der Waals surface area contributed by atoms with Crippen LogP contribution in [0, 0.1) is 20.8 Å². The van der Waals surface area contributed by atoms with Crippen molar-refractivity contribution in [2.24, 2.45) is 0 Å². The third kappa shape index (κ3) is 3.23. The molecule has 4 rings (SSSR count). The van der Waals surface area contributed by atoms with E-state index in [4.69, 9.17) is 14.0 Å². The summed E-state index contributed by atoms with van der Waals surface area (Å²) < 4.78 is 16.8. The second-order valence-electron chi connectivity index (χ2n) is 6.02. The van der Waals surface area contributed by atoms with Crippen LogP contribution in [-0.2, 0) is 0 Å². The topological polar surface area (TPSA) is 86.1 Å². The molecule has 1 aromatic carbocycles. The third-order valence-corrected chi connectivity index (χ3v) is 4.18. The van der Waals surface area contributed by atoms with Crippen molar-refractivity contribution in [2.45, 2.75) is 28.2 Å². The zero-order chi connectivity index (χ0) is 18.3. The summed E-state index contributed by atoms with van der Waals surface area (Å²) >= 11 is 0. The van der Waals surface area contributed by atoms with Crippen LogP contribution >= 0.6 is 0 Å². The van der Waals surface area contributed by atoms with Crippen molar-refractivity contribution in [2.75, 3.05) is 7.11 Å². The minimum Gasteiger partial charge on any atom is -0.493 e. The molecule has 0 aliphatic heterocycles. The maximum Gasteiger partial charge on any atom is 0.187 e. The first-order valence-electron chi connectivity index (χ1n) is 8.16. The van der Waals surface area contributed by atoms with Gasteiger partial charge in [-0.25, -0.2) is 4.98 Å². The van der Waals surface area contributed by atoms with E-state index in [1.54, 1.807) is 25.6 Å². The lowest BCUT2D eigenvalue weighted by Gasteiger charge is -2.11. The van der Waals surface area contributed by atoms with Crippen molar-refractivity contribution in [3.05, 3.63) is 47.9 Å². The molecule has 0 amide bonds. The van der Waals surface area contributed by atoms with Gasteiger partial charge in [0.25, 0.3) is 0 Å². The van der Waals surface area contributed by atoms with Crippen molar-refractivity contribution in [3.63, 3.8) is 0 Å². The van der Waals surface area contributed by atoms with Crippen molar-refractivity contribution >= 4 is 11.0 Å². The van der Waals surface area contributed by atoms with E-state index in [0.29, 0.717) is 17.2 Å². The fourth-order valence-corrected chi connectivity index (χ4v) is 3.06. The number of aromatic amines is 1. The van der Waals surface area contributed by atoms with E-state index in [0.717, 1.165) is 39.4 Å². The van der Waals surface area contributed by atoms with E-state index >= 15 is 0 Å². The molecule has 0 saturated heterocycles. The molecule has 0 fully saturated rings. The van der Waals surface area contributed by atoms with Gasteiger partial charge in [0, 0.05) is 17.8 Å². The van der Waals surface area contributed by atoms with Gasteiger partial charge < -0.3 is 19.0 Å². The number of hydrogen-bond acceptors (Lipinski definition) is 6. The zero-order valence-electron chi connectivity index (χ0n) is 15.0. The van der Waals surface area contributed by atoms with E-state index in [2.05, 4.69) is 20.1 Å². The molecule has 0 unspecified atom stereocenters. The average molecular weight is 366 g/mol. The molecule has 0 bridgehead atoms. The fourth-order valence-electron chi connectivity index (χ4n) is 3.06. The molecule has 27 heavy (non-hydrogen) atoms. The standard InChI is InChI=1S/C19H18N4O3.CH4/c1-10-18(11(2)26-23-10)13-7-14-19(22-12(3)21-14)16(8-13)25-17-9-20-6-5-15(17)24-4;/h5-9H,1-4H3,(H,21,22);1H4. The molecule has 0 aliphatic rings. The van der Waals surface area contributed by atoms with Crippen LogP contribution in [0.2, 0.25) is 0 Å². The van der Waals surface area contributed by atoms with Crippen molar-refractivity contribution < 1.29 is 14.0 Å². The van der Waals surface area contributed by atoms with E-state index in [1.165, 1.54) is 0 Å². The van der Waals surface area contributed by atoms with Gasteiger partial charge in [-0.3, -0.25) is 4.98 Å². The number of nitrogens with zero attached hydrogens (tertiary/aromatic N) is 3. The Morgan fingerprint density at radius 3 is 2.59 bits per heavy atom. The van der Waals surface area contributed by atoms with Crippen LogP contribution in [0.5, 0.6) is 17.2 Å². The van der Waals surface area contributed by atoms with Crippen LogP contribution in [0.25, 0.3) is 22.2 Å². The summed E-state index contributed by atoms with van der Waals surface area (Å²) in [4.78, 5) is 11.9. The molecular formula is C20H22N4O3. The van der Waals surface area contributed by atoms with Crippen LogP contribution in [0.3, 0.4) is 0 Å². The number of fused-ring (bicyclic) bond motifs is 1. The Morgan fingerprint density at radius 2 is 1.89 bits per heavy atom. The molecule has 0 aliphatic carbocycles. The second kappa shape index (κ2) is 7.11. The first-order chi connectivity index (χ1) is 12.6. The van der Waals surface area contributed by atoms with Crippen molar-refractivity contribution in [3.8, 4) is 28.4 Å². The molecule has 0 saturated carbocycles. The normalized spacial score (nSPS) is 10.7. The molecule has 0 atom stereocenters. The molecule has 3 heterocycles. The van der Waals surface area contributed by atoms with Crippen LogP contribution in [0.4, 0.5) is 0 Å². The highest BCUT2D eigenvalue weighted by Gasteiger charge is 2.18. The summed E-state index contributed by atoms with van der Waals surface area (Å²) in [7, 11) is 1.59. The fraction of sp³-hybridized carbons (Fsp3) is 0.250. The second-order valence-corrected chi connectivity index (χ2v) is 6.02. The molecular weight excluding hydrogens is 344 g/mol. The molecule has 1 N–H and O–H groups in total. The van der Waals surface area contributed by atoms with E-state index < -0.39 is 0 Å². The van der Waals surface area contributed by atoms with Gasteiger partial charge in [-0.1, -0.05) is 12.6 Å². The zero-order valence-corrected chi connectivity index (χ0v) is 15.0. The van der Waals surface area contributed by atoms with Gasteiger partial charge in [0.2, 0.25) is 0 Å². The van der Waals surface area contributed by atoms with Gasteiger partial charge >= 0.3 is 0 Å². The predicted molar refractivity (Wildman–Crippen MR) is 103 cm³/mol. The lowest BCUT2D eigenvalue weighted by atomic mass is 10.0. The lowest BCUT2D eigenvalue weighted by Crippen LogP contribution is -1.93. The number of methoxy groups -OCH3 is 1. The third-order valence-electron chi connectivity index (χ3n) is 4.18. The Kier molecular flexibility index (Phi) is 4.85. The van der Waals surface area contributed by atoms with E-state index in [-0.39, 0.29) is 7.43 Å². The summed E-state index contributed by atoms with van der Waals surface area (Å²) in [5, 5.41) is 4.05. The number of imidazole rings is 1. The highest BCUT2D eigenvalue weighted by Crippen LogP contribution is 2.38. The van der Waals surface area contributed by atoms with Gasteiger partial charge in [-0.05, 0) is 38.5 Å². The number of pyridine rings is 1. The first-order valence-corrected chi connectivity index (χ1v) is 8.16. The van der Waals surface area contributed by atoms with Crippen LogP contribution in [0.1, 0.15) is 24.7 Å². The first kappa shape index (κ1) is 18.4. The molecule has 0 radical (unpaired) electrons. The molecule has 4 aromatic rings.